The summed E-state index contributed by atoms with van der Waals surface area (Å²) in [6, 6.07) is 10.4. The van der Waals surface area contributed by atoms with E-state index in [1.165, 1.54) is 4.88 Å². The molecule has 0 aliphatic carbocycles. The summed E-state index contributed by atoms with van der Waals surface area (Å²) >= 11 is 4.19. The van der Waals surface area contributed by atoms with Crippen molar-refractivity contribution in [3.8, 4) is 0 Å². The smallest absolute Gasteiger partial charge is 0.252 e. The number of nitrogens with one attached hydrogen (secondary N) is 1. The largest absolute Gasteiger partial charge is 0.341 e. The van der Waals surface area contributed by atoms with Gasteiger partial charge in [0.2, 0.25) is 5.91 Å². The third kappa shape index (κ3) is 7.94. The standard InChI is InChI=1S/C33H48IN5O2S/c1-6-15-38(22-34)26-13-16-37(17-14-26)33(41)29(19-23(4)5)36-32(40)24-11-12-30-28(20-24)35-31(21-27-10-9-18-42-27)39(30)25(7-2)8-3/h9-12,18,20,23,25-26,29H,6-8,13-17,19,21-22H2,1-5H3,(H,36,40)/t29-/m0/s1. The van der Waals surface area contributed by atoms with E-state index in [0.717, 1.165) is 79.6 Å². The fourth-order valence-corrected chi connectivity index (χ4v) is 7.88. The number of amides is 2. The van der Waals surface area contributed by atoms with Gasteiger partial charge in [0.25, 0.3) is 5.91 Å². The number of likely N-dealkylation sites (tertiary alicyclic amines) is 1. The summed E-state index contributed by atoms with van der Waals surface area (Å²) in [5.41, 5.74) is 2.45. The average Bonchev–Trinajstić information content (AvgIpc) is 3.63. The van der Waals surface area contributed by atoms with Crippen LogP contribution in [0.1, 0.15) is 100 Å². The Balaban J connectivity index is 1.52. The fraction of sp³-hybridized carbons (Fsp3) is 0.606. The molecule has 1 aliphatic rings. The summed E-state index contributed by atoms with van der Waals surface area (Å²) in [5.74, 6) is 1.16. The van der Waals surface area contributed by atoms with E-state index in [1.807, 2.05) is 23.1 Å². The van der Waals surface area contributed by atoms with Crippen molar-refractivity contribution in [2.75, 3.05) is 24.2 Å². The van der Waals surface area contributed by atoms with Gasteiger partial charge in [0.05, 0.1) is 15.6 Å². The Labute approximate surface area is 269 Å². The van der Waals surface area contributed by atoms with Gasteiger partial charge >= 0.3 is 0 Å². The van der Waals surface area contributed by atoms with Crippen molar-refractivity contribution in [2.45, 2.75) is 97.7 Å². The van der Waals surface area contributed by atoms with Crippen LogP contribution in [0.3, 0.4) is 0 Å². The zero-order valence-corrected chi connectivity index (χ0v) is 28.9. The maximum absolute atomic E-state index is 13.7. The number of alkyl halides is 1. The number of aromatic nitrogens is 2. The van der Waals surface area contributed by atoms with E-state index in [4.69, 9.17) is 4.98 Å². The second kappa shape index (κ2) is 15.7. The summed E-state index contributed by atoms with van der Waals surface area (Å²) in [5, 5.41) is 5.22. The Hall–Kier alpha value is -1.98. The summed E-state index contributed by atoms with van der Waals surface area (Å²) in [4.78, 5) is 38.1. The average molecular weight is 706 g/mol. The van der Waals surface area contributed by atoms with Crippen molar-refractivity contribution in [1.29, 1.82) is 0 Å². The third-order valence-electron chi connectivity index (χ3n) is 8.51. The van der Waals surface area contributed by atoms with E-state index >= 15 is 0 Å². The number of carbonyl (C=O) groups is 2. The first kappa shape index (κ1) is 32.9. The number of carbonyl (C=O) groups excluding carboxylic acids is 2. The minimum atomic E-state index is -0.530. The molecular formula is C33H48IN5O2S. The summed E-state index contributed by atoms with van der Waals surface area (Å²) in [6.45, 7) is 13.5. The molecule has 7 nitrogen and oxygen atoms in total. The van der Waals surface area contributed by atoms with Gasteiger partial charge in [0, 0.05) is 42.0 Å². The molecule has 0 unspecified atom stereocenters. The van der Waals surface area contributed by atoms with E-state index in [9.17, 15) is 9.59 Å². The molecule has 4 rings (SSSR count). The summed E-state index contributed by atoms with van der Waals surface area (Å²) in [7, 11) is 0. The highest BCUT2D eigenvalue weighted by Gasteiger charge is 2.31. The molecule has 1 aromatic carbocycles. The highest BCUT2D eigenvalue weighted by molar-refractivity contribution is 14.1. The van der Waals surface area contributed by atoms with Crippen molar-refractivity contribution < 1.29 is 9.59 Å². The lowest BCUT2D eigenvalue weighted by molar-refractivity contribution is -0.135. The number of hydrogen-bond donors (Lipinski definition) is 1. The van der Waals surface area contributed by atoms with Gasteiger partial charge in [-0.3, -0.25) is 14.5 Å². The fourth-order valence-electron chi connectivity index (χ4n) is 6.28. The molecule has 1 aliphatic heterocycles. The molecule has 2 amide bonds. The van der Waals surface area contributed by atoms with Crippen LogP contribution in [0.5, 0.6) is 0 Å². The minimum absolute atomic E-state index is 0.0457. The molecule has 0 saturated carbocycles. The van der Waals surface area contributed by atoms with Crippen LogP contribution in [0.25, 0.3) is 11.0 Å². The number of thiophene rings is 1. The van der Waals surface area contributed by atoms with Crippen LogP contribution in [-0.2, 0) is 11.2 Å². The number of fused-ring (bicyclic) bond motifs is 1. The minimum Gasteiger partial charge on any atom is -0.341 e. The van der Waals surface area contributed by atoms with Crippen molar-refractivity contribution in [1.82, 2.24) is 24.7 Å². The molecular weight excluding hydrogens is 657 g/mol. The van der Waals surface area contributed by atoms with Crippen LogP contribution >= 0.6 is 33.9 Å². The van der Waals surface area contributed by atoms with Crippen LogP contribution in [-0.4, -0.2) is 67.4 Å². The van der Waals surface area contributed by atoms with Gasteiger partial charge in [0.1, 0.15) is 11.9 Å². The van der Waals surface area contributed by atoms with Gasteiger partial charge in [-0.15, -0.1) is 11.3 Å². The van der Waals surface area contributed by atoms with Crippen molar-refractivity contribution in [3.05, 3.63) is 52.0 Å². The number of nitrogens with zero attached hydrogens (tertiary/aromatic N) is 4. The van der Waals surface area contributed by atoms with Crippen molar-refractivity contribution in [3.63, 3.8) is 0 Å². The molecule has 42 heavy (non-hydrogen) atoms. The number of piperidine rings is 1. The second-order valence-electron chi connectivity index (χ2n) is 12.0. The van der Waals surface area contributed by atoms with Gasteiger partial charge in [-0.25, -0.2) is 4.98 Å². The lowest BCUT2D eigenvalue weighted by Gasteiger charge is -2.39. The number of halogens is 1. The summed E-state index contributed by atoms with van der Waals surface area (Å²) in [6.07, 6.45) is 6.56. The molecule has 3 heterocycles. The van der Waals surface area contributed by atoms with E-state index in [2.05, 4.69) is 89.5 Å². The molecule has 3 aromatic rings. The van der Waals surface area contributed by atoms with Gasteiger partial charge in [0.15, 0.2) is 0 Å². The molecule has 1 fully saturated rings. The highest BCUT2D eigenvalue weighted by Crippen LogP contribution is 2.29. The predicted octanol–water partition coefficient (Wildman–Crippen LogP) is 7.29. The van der Waals surface area contributed by atoms with Gasteiger partial charge in [-0.05, 0) is 80.6 Å². The maximum Gasteiger partial charge on any atom is 0.252 e. The van der Waals surface area contributed by atoms with Crippen molar-refractivity contribution in [2.24, 2.45) is 5.92 Å². The first-order valence-corrected chi connectivity index (χ1v) is 18.1. The first-order valence-electron chi connectivity index (χ1n) is 15.7. The lowest BCUT2D eigenvalue weighted by Crippen LogP contribution is -2.53. The van der Waals surface area contributed by atoms with E-state index in [-0.39, 0.29) is 17.7 Å². The Morgan fingerprint density at radius 2 is 1.88 bits per heavy atom. The monoisotopic (exact) mass is 705 g/mol. The number of hydrogen-bond acceptors (Lipinski definition) is 5. The third-order valence-corrected chi connectivity index (χ3v) is 10.3. The Morgan fingerprint density at radius 3 is 2.48 bits per heavy atom. The molecule has 1 atom stereocenters. The van der Waals surface area contributed by atoms with Crippen LogP contribution in [0.2, 0.25) is 0 Å². The number of benzene rings is 1. The molecule has 0 radical (unpaired) electrons. The Kier molecular flexibility index (Phi) is 12.3. The predicted molar refractivity (Wildman–Crippen MR) is 183 cm³/mol. The topological polar surface area (TPSA) is 70.5 Å². The second-order valence-corrected chi connectivity index (χ2v) is 13.7. The molecule has 0 spiro atoms. The number of rotatable bonds is 14. The zero-order chi connectivity index (χ0) is 30.2. The normalized spacial score (nSPS) is 15.3. The van der Waals surface area contributed by atoms with Crippen LogP contribution < -0.4 is 5.32 Å². The van der Waals surface area contributed by atoms with Gasteiger partial charge < -0.3 is 14.8 Å². The number of imidazole rings is 1. The van der Waals surface area contributed by atoms with Crippen LogP contribution in [0.4, 0.5) is 0 Å². The molecule has 1 saturated heterocycles. The van der Waals surface area contributed by atoms with Crippen molar-refractivity contribution >= 4 is 56.8 Å². The van der Waals surface area contributed by atoms with Crippen LogP contribution in [0, 0.1) is 5.92 Å². The lowest BCUT2D eigenvalue weighted by atomic mass is 9.99. The van der Waals surface area contributed by atoms with E-state index < -0.39 is 6.04 Å². The van der Waals surface area contributed by atoms with Gasteiger partial charge in [-0.1, -0.05) is 63.3 Å². The highest BCUT2D eigenvalue weighted by atomic mass is 127. The summed E-state index contributed by atoms with van der Waals surface area (Å²) < 4.78 is 3.39. The Bertz CT molecular complexity index is 1300. The SMILES string of the molecule is CCCN(CI)C1CCN(C(=O)[C@H](CC(C)C)NC(=O)c2ccc3c(c2)nc(Cc2cccs2)n3C(CC)CC)CC1. The van der Waals surface area contributed by atoms with E-state index in [1.54, 1.807) is 11.3 Å². The first-order chi connectivity index (χ1) is 20.3. The zero-order valence-electron chi connectivity index (χ0n) is 25.9. The Morgan fingerprint density at radius 1 is 1.14 bits per heavy atom. The van der Waals surface area contributed by atoms with Gasteiger partial charge in [-0.2, -0.15) is 0 Å². The maximum atomic E-state index is 13.7. The van der Waals surface area contributed by atoms with Crippen LogP contribution in [0.15, 0.2) is 35.7 Å². The molecule has 230 valence electrons. The molecule has 1 N–H and O–H groups in total. The van der Waals surface area contributed by atoms with E-state index in [0.29, 0.717) is 24.1 Å². The molecule has 9 heteroatoms. The molecule has 0 bridgehead atoms. The quantitative estimate of drug-likeness (QED) is 0.109. The molecule has 2 aromatic heterocycles.